The summed E-state index contributed by atoms with van der Waals surface area (Å²) in [6, 6.07) is 4.51. The van der Waals surface area contributed by atoms with Crippen LogP contribution >= 0.6 is 0 Å². The van der Waals surface area contributed by atoms with Gasteiger partial charge in [0.2, 0.25) is 5.91 Å². The number of nitrogens with one attached hydrogen (secondary N) is 2. The summed E-state index contributed by atoms with van der Waals surface area (Å²) < 4.78 is 0. The molecule has 0 aromatic heterocycles. The SMILES string of the molecule is CNC(=O)[C@@H]1Cc2ccc([N+](=O)[O-])cc2CN1. The zero-order chi connectivity index (χ0) is 12.4. The molecule has 6 heteroatoms. The number of nitrogens with zero attached hydrogens (tertiary/aromatic N) is 1. The van der Waals surface area contributed by atoms with Crippen molar-refractivity contribution in [1.29, 1.82) is 0 Å². The molecule has 0 spiro atoms. The minimum atomic E-state index is -0.412. The fourth-order valence-corrected chi connectivity index (χ4v) is 1.97. The second-order valence-corrected chi connectivity index (χ2v) is 3.96. The summed E-state index contributed by atoms with van der Waals surface area (Å²) >= 11 is 0. The number of amides is 1. The number of likely N-dealkylation sites (N-methyl/N-ethyl adjacent to an activating group) is 1. The minimum absolute atomic E-state index is 0.0611. The van der Waals surface area contributed by atoms with Gasteiger partial charge in [0.05, 0.1) is 11.0 Å². The number of hydrogen-bond donors (Lipinski definition) is 2. The maximum absolute atomic E-state index is 11.5. The lowest BCUT2D eigenvalue weighted by Crippen LogP contribution is -2.46. The predicted octanol–water partition coefficient (Wildman–Crippen LogP) is 0.355. The van der Waals surface area contributed by atoms with Crippen molar-refractivity contribution in [2.45, 2.75) is 19.0 Å². The normalized spacial score (nSPS) is 18.3. The van der Waals surface area contributed by atoms with Crippen LogP contribution in [0.1, 0.15) is 11.1 Å². The van der Waals surface area contributed by atoms with E-state index in [1.165, 1.54) is 6.07 Å². The lowest BCUT2D eigenvalue weighted by atomic mass is 9.95. The van der Waals surface area contributed by atoms with E-state index in [1.54, 1.807) is 19.2 Å². The molecule has 0 saturated carbocycles. The Morgan fingerprint density at radius 1 is 1.53 bits per heavy atom. The van der Waals surface area contributed by atoms with E-state index in [1.807, 2.05) is 0 Å². The Morgan fingerprint density at radius 3 is 2.94 bits per heavy atom. The first-order valence-corrected chi connectivity index (χ1v) is 5.33. The predicted molar refractivity (Wildman–Crippen MR) is 61.5 cm³/mol. The number of carbonyl (C=O) groups excluding carboxylic acids is 1. The Hall–Kier alpha value is -1.95. The van der Waals surface area contributed by atoms with Crippen molar-refractivity contribution in [3.8, 4) is 0 Å². The van der Waals surface area contributed by atoms with Crippen molar-refractivity contribution in [2.24, 2.45) is 0 Å². The molecule has 0 saturated heterocycles. The third kappa shape index (κ3) is 2.26. The van der Waals surface area contributed by atoms with Crippen LogP contribution in [-0.4, -0.2) is 23.9 Å². The number of benzene rings is 1. The van der Waals surface area contributed by atoms with Crippen LogP contribution in [0.3, 0.4) is 0 Å². The minimum Gasteiger partial charge on any atom is -0.358 e. The highest BCUT2D eigenvalue weighted by Crippen LogP contribution is 2.22. The maximum Gasteiger partial charge on any atom is 0.269 e. The zero-order valence-electron chi connectivity index (χ0n) is 9.40. The van der Waals surface area contributed by atoms with Crippen LogP contribution in [0.4, 0.5) is 5.69 Å². The fourth-order valence-electron chi connectivity index (χ4n) is 1.97. The Labute approximate surface area is 98.2 Å². The molecule has 0 bridgehead atoms. The van der Waals surface area contributed by atoms with E-state index in [2.05, 4.69) is 10.6 Å². The smallest absolute Gasteiger partial charge is 0.269 e. The topological polar surface area (TPSA) is 84.3 Å². The molecule has 17 heavy (non-hydrogen) atoms. The van der Waals surface area contributed by atoms with Crippen LogP contribution in [-0.2, 0) is 17.8 Å². The van der Waals surface area contributed by atoms with Gasteiger partial charge in [-0.1, -0.05) is 6.07 Å². The lowest BCUT2D eigenvalue weighted by molar-refractivity contribution is -0.384. The second kappa shape index (κ2) is 4.50. The van der Waals surface area contributed by atoms with Gasteiger partial charge in [-0.3, -0.25) is 14.9 Å². The molecular weight excluding hydrogens is 222 g/mol. The maximum atomic E-state index is 11.5. The molecular formula is C11H13N3O3. The monoisotopic (exact) mass is 235 g/mol. The van der Waals surface area contributed by atoms with Gasteiger partial charge in [-0.25, -0.2) is 0 Å². The Bertz CT molecular complexity index is 473. The standard InChI is InChI=1S/C11H13N3O3/c1-12-11(15)10-5-7-2-3-9(14(16)17)4-8(7)6-13-10/h2-4,10,13H,5-6H2,1H3,(H,12,15)/t10-/m0/s1. The molecule has 0 fully saturated rings. The fraction of sp³-hybridized carbons (Fsp3) is 0.364. The second-order valence-electron chi connectivity index (χ2n) is 3.96. The number of fused-ring (bicyclic) bond motifs is 1. The van der Waals surface area contributed by atoms with Crippen molar-refractivity contribution in [3.05, 3.63) is 39.4 Å². The van der Waals surface area contributed by atoms with Gasteiger partial charge >= 0.3 is 0 Å². The van der Waals surface area contributed by atoms with Crippen LogP contribution < -0.4 is 10.6 Å². The van der Waals surface area contributed by atoms with Gasteiger partial charge < -0.3 is 10.6 Å². The molecule has 1 atom stereocenters. The lowest BCUT2D eigenvalue weighted by Gasteiger charge is -2.24. The summed E-state index contributed by atoms with van der Waals surface area (Å²) in [7, 11) is 1.59. The molecule has 1 aliphatic heterocycles. The van der Waals surface area contributed by atoms with Crippen molar-refractivity contribution in [3.63, 3.8) is 0 Å². The van der Waals surface area contributed by atoms with Crippen LogP contribution in [0, 0.1) is 10.1 Å². The van der Waals surface area contributed by atoms with E-state index in [9.17, 15) is 14.9 Å². The number of hydrogen-bond acceptors (Lipinski definition) is 4. The van der Waals surface area contributed by atoms with Crippen LogP contribution in [0.15, 0.2) is 18.2 Å². The zero-order valence-corrected chi connectivity index (χ0v) is 9.40. The number of rotatable bonds is 2. The van der Waals surface area contributed by atoms with Crippen LogP contribution in [0.25, 0.3) is 0 Å². The summed E-state index contributed by atoms with van der Waals surface area (Å²) in [5.41, 5.74) is 1.96. The molecule has 90 valence electrons. The third-order valence-corrected chi connectivity index (χ3v) is 2.93. The summed E-state index contributed by atoms with van der Waals surface area (Å²) in [6.07, 6.45) is 0.563. The average molecular weight is 235 g/mol. The molecule has 0 unspecified atom stereocenters. The van der Waals surface area contributed by atoms with Crippen LogP contribution in [0.2, 0.25) is 0 Å². The van der Waals surface area contributed by atoms with Gasteiger partial charge in [0, 0.05) is 25.7 Å². The first-order chi connectivity index (χ1) is 8.11. The summed E-state index contributed by atoms with van der Waals surface area (Å²) in [5.74, 6) is -0.0611. The molecule has 0 aliphatic carbocycles. The molecule has 1 amide bonds. The Morgan fingerprint density at radius 2 is 2.29 bits per heavy atom. The van der Waals surface area contributed by atoms with Crippen molar-refractivity contribution in [1.82, 2.24) is 10.6 Å². The summed E-state index contributed by atoms with van der Waals surface area (Å²) in [4.78, 5) is 21.7. The number of nitro benzene ring substituents is 1. The van der Waals surface area contributed by atoms with Crippen LogP contribution in [0.5, 0.6) is 0 Å². The number of nitro groups is 1. The first kappa shape index (κ1) is 11.5. The van der Waals surface area contributed by atoms with E-state index in [0.717, 1.165) is 11.1 Å². The van der Waals surface area contributed by atoms with Gasteiger partial charge in [0.15, 0.2) is 0 Å². The van der Waals surface area contributed by atoms with E-state index >= 15 is 0 Å². The molecule has 1 aromatic carbocycles. The summed E-state index contributed by atoms with van der Waals surface area (Å²) in [6.45, 7) is 0.481. The van der Waals surface area contributed by atoms with Gasteiger partial charge in [0.1, 0.15) is 0 Å². The molecule has 2 rings (SSSR count). The highest BCUT2D eigenvalue weighted by atomic mass is 16.6. The molecule has 1 aromatic rings. The third-order valence-electron chi connectivity index (χ3n) is 2.93. The van der Waals surface area contributed by atoms with Gasteiger partial charge in [0.25, 0.3) is 5.69 Å². The van der Waals surface area contributed by atoms with E-state index in [0.29, 0.717) is 13.0 Å². The largest absolute Gasteiger partial charge is 0.358 e. The van der Waals surface area contributed by atoms with E-state index < -0.39 is 4.92 Å². The molecule has 1 heterocycles. The summed E-state index contributed by atoms with van der Waals surface area (Å²) in [5, 5.41) is 16.3. The van der Waals surface area contributed by atoms with E-state index in [4.69, 9.17) is 0 Å². The number of non-ortho nitro benzene ring substituents is 1. The Kier molecular flexibility index (Phi) is 3.06. The van der Waals surface area contributed by atoms with Gasteiger partial charge in [-0.05, 0) is 17.5 Å². The molecule has 6 nitrogen and oxygen atoms in total. The molecule has 0 radical (unpaired) electrons. The number of carbonyl (C=O) groups is 1. The molecule has 1 aliphatic rings. The first-order valence-electron chi connectivity index (χ1n) is 5.33. The Balaban J connectivity index is 2.23. The quantitative estimate of drug-likeness (QED) is 0.572. The van der Waals surface area contributed by atoms with Crippen molar-refractivity contribution in [2.75, 3.05) is 7.05 Å². The highest BCUT2D eigenvalue weighted by molar-refractivity contribution is 5.82. The highest BCUT2D eigenvalue weighted by Gasteiger charge is 2.24. The molecule has 2 N–H and O–H groups in total. The van der Waals surface area contributed by atoms with Gasteiger partial charge in [-0.15, -0.1) is 0 Å². The van der Waals surface area contributed by atoms with Crippen molar-refractivity contribution < 1.29 is 9.72 Å². The van der Waals surface area contributed by atoms with Crippen molar-refractivity contribution >= 4 is 11.6 Å². The average Bonchev–Trinajstić information content (AvgIpc) is 2.36. The van der Waals surface area contributed by atoms with Gasteiger partial charge in [-0.2, -0.15) is 0 Å². The van der Waals surface area contributed by atoms with E-state index in [-0.39, 0.29) is 17.6 Å².